The van der Waals surface area contributed by atoms with Gasteiger partial charge < -0.3 is 15.4 Å². The quantitative estimate of drug-likeness (QED) is 0.430. The van der Waals surface area contributed by atoms with Crippen LogP contribution in [0.3, 0.4) is 0 Å². The van der Waals surface area contributed by atoms with E-state index in [9.17, 15) is 14.4 Å². The summed E-state index contributed by atoms with van der Waals surface area (Å²) in [7, 11) is 0. The number of amides is 2. The molecular weight excluding hydrogens is 440 g/mol. The molecule has 0 spiro atoms. The maximum absolute atomic E-state index is 13.2. The standard InChI is InChI=1S/C24H22N4O4S/c1-3-32-19-10-4-16(5-11-19)20-13-33-23-22(20)24(31)28(14-25-23)12-21(30)27-18-8-6-17(7-9-18)26-15(2)29/h4-11,13-14H,3,12H2,1-2H3,(H,26,29)(H,27,30). The molecule has 2 aromatic carbocycles. The van der Waals surface area contributed by atoms with E-state index in [1.807, 2.05) is 36.6 Å². The third-order valence-electron chi connectivity index (χ3n) is 4.84. The molecule has 8 nitrogen and oxygen atoms in total. The summed E-state index contributed by atoms with van der Waals surface area (Å²) < 4.78 is 6.79. The highest BCUT2D eigenvalue weighted by atomic mass is 32.1. The number of aromatic nitrogens is 2. The Bertz CT molecular complexity index is 1360. The fraction of sp³-hybridized carbons (Fsp3) is 0.167. The molecule has 0 atom stereocenters. The number of ether oxygens (including phenoxy) is 1. The second-order valence-corrected chi connectivity index (χ2v) is 8.13. The Morgan fingerprint density at radius 3 is 2.33 bits per heavy atom. The summed E-state index contributed by atoms with van der Waals surface area (Å²) in [6.07, 6.45) is 1.39. The highest BCUT2D eigenvalue weighted by Crippen LogP contribution is 2.31. The summed E-state index contributed by atoms with van der Waals surface area (Å²) in [6.45, 7) is 3.75. The predicted molar refractivity (Wildman–Crippen MR) is 130 cm³/mol. The second kappa shape index (κ2) is 9.66. The van der Waals surface area contributed by atoms with Crippen LogP contribution in [0.2, 0.25) is 0 Å². The van der Waals surface area contributed by atoms with Gasteiger partial charge in [-0.25, -0.2) is 4.98 Å². The molecule has 0 aliphatic rings. The molecule has 4 aromatic rings. The number of nitrogens with one attached hydrogen (secondary N) is 2. The molecule has 0 radical (unpaired) electrons. The van der Waals surface area contributed by atoms with Crippen LogP contribution in [0.25, 0.3) is 21.3 Å². The molecule has 0 aliphatic carbocycles. The first-order valence-corrected chi connectivity index (χ1v) is 11.2. The Balaban J connectivity index is 1.54. The van der Waals surface area contributed by atoms with Crippen molar-refractivity contribution in [3.05, 3.63) is 70.6 Å². The molecule has 9 heteroatoms. The van der Waals surface area contributed by atoms with Crippen molar-refractivity contribution in [1.82, 2.24) is 9.55 Å². The Hall–Kier alpha value is -3.98. The SMILES string of the molecule is CCOc1ccc(-c2csc3ncn(CC(=O)Nc4ccc(NC(C)=O)cc4)c(=O)c23)cc1. The van der Waals surface area contributed by atoms with E-state index in [-0.39, 0.29) is 23.9 Å². The van der Waals surface area contributed by atoms with E-state index in [0.29, 0.717) is 28.2 Å². The molecule has 2 aromatic heterocycles. The lowest BCUT2D eigenvalue weighted by Gasteiger charge is -2.09. The lowest BCUT2D eigenvalue weighted by atomic mass is 10.1. The van der Waals surface area contributed by atoms with Crippen LogP contribution in [0.15, 0.2) is 65.0 Å². The van der Waals surface area contributed by atoms with Gasteiger partial charge in [-0.2, -0.15) is 0 Å². The Morgan fingerprint density at radius 1 is 1.03 bits per heavy atom. The third kappa shape index (κ3) is 5.09. The summed E-state index contributed by atoms with van der Waals surface area (Å²) in [5, 5.41) is 7.80. The molecule has 0 fully saturated rings. The van der Waals surface area contributed by atoms with E-state index >= 15 is 0 Å². The van der Waals surface area contributed by atoms with E-state index in [0.717, 1.165) is 16.9 Å². The van der Waals surface area contributed by atoms with E-state index in [2.05, 4.69) is 15.6 Å². The Kier molecular flexibility index (Phi) is 6.50. The summed E-state index contributed by atoms with van der Waals surface area (Å²) in [5.41, 5.74) is 2.57. The zero-order valence-electron chi connectivity index (χ0n) is 18.1. The number of nitrogens with zero attached hydrogens (tertiary/aromatic N) is 2. The van der Waals surface area contributed by atoms with E-state index in [4.69, 9.17) is 4.74 Å². The highest BCUT2D eigenvalue weighted by Gasteiger charge is 2.15. The van der Waals surface area contributed by atoms with Gasteiger partial charge in [0.2, 0.25) is 11.8 Å². The van der Waals surface area contributed by atoms with E-state index in [1.165, 1.54) is 29.2 Å². The van der Waals surface area contributed by atoms with Crippen LogP contribution in [-0.2, 0) is 16.1 Å². The van der Waals surface area contributed by atoms with Crippen LogP contribution in [0, 0.1) is 0 Å². The fourth-order valence-electron chi connectivity index (χ4n) is 3.39. The van der Waals surface area contributed by atoms with Crippen molar-refractivity contribution in [2.24, 2.45) is 0 Å². The van der Waals surface area contributed by atoms with Gasteiger partial charge in [-0.15, -0.1) is 11.3 Å². The van der Waals surface area contributed by atoms with Crippen molar-refractivity contribution in [2.75, 3.05) is 17.2 Å². The average molecular weight is 463 g/mol. The Morgan fingerprint density at radius 2 is 1.70 bits per heavy atom. The molecule has 0 bridgehead atoms. The van der Waals surface area contributed by atoms with Gasteiger partial charge in [-0.1, -0.05) is 12.1 Å². The van der Waals surface area contributed by atoms with Gasteiger partial charge in [0.05, 0.1) is 18.3 Å². The molecule has 4 rings (SSSR count). The van der Waals surface area contributed by atoms with Crippen molar-refractivity contribution in [3.8, 4) is 16.9 Å². The number of benzene rings is 2. The minimum atomic E-state index is -0.358. The van der Waals surface area contributed by atoms with E-state index < -0.39 is 0 Å². The topological polar surface area (TPSA) is 102 Å². The highest BCUT2D eigenvalue weighted by molar-refractivity contribution is 7.17. The fourth-order valence-corrected chi connectivity index (χ4v) is 4.29. The molecule has 168 valence electrons. The Labute approximate surface area is 193 Å². The van der Waals surface area contributed by atoms with Gasteiger partial charge in [0.1, 0.15) is 17.1 Å². The van der Waals surface area contributed by atoms with E-state index in [1.54, 1.807) is 24.3 Å². The smallest absolute Gasteiger partial charge is 0.263 e. The minimum Gasteiger partial charge on any atom is -0.494 e. The lowest BCUT2D eigenvalue weighted by Crippen LogP contribution is -2.27. The molecular formula is C24H22N4O4S. The molecule has 0 saturated heterocycles. The molecule has 0 unspecified atom stereocenters. The first kappa shape index (κ1) is 22.2. The lowest BCUT2D eigenvalue weighted by molar-refractivity contribution is -0.117. The first-order valence-electron chi connectivity index (χ1n) is 10.3. The maximum Gasteiger partial charge on any atom is 0.263 e. The number of hydrogen-bond acceptors (Lipinski definition) is 6. The van der Waals surface area contributed by atoms with Gasteiger partial charge in [0, 0.05) is 29.2 Å². The number of rotatable bonds is 7. The van der Waals surface area contributed by atoms with Crippen molar-refractivity contribution in [3.63, 3.8) is 0 Å². The molecule has 2 heterocycles. The average Bonchev–Trinajstić information content (AvgIpc) is 3.22. The van der Waals surface area contributed by atoms with Crippen molar-refractivity contribution < 1.29 is 14.3 Å². The van der Waals surface area contributed by atoms with Crippen molar-refractivity contribution in [1.29, 1.82) is 0 Å². The largest absolute Gasteiger partial charge is 0.494 e. The number of fused-ring (bicyclic) bond motifs is 1. The molecule has 0 saturated carbocycles. The zero-order chi connectivity index (χ0) is 23.4. The summed E-state index contributed by atoms with van der Waals surface area (Å²) >= 11 is 1.39. The number of carbonyl (C=O) groups excluding carboxylic acids is 2. The second-order valence-electron chi connectivity index (χ2n) is 7.27. The van der Waals surface area contributed by atoms with Crippen LogP contribution >= 0.6 is 11.3 Å². The number of thiophene rings is 1. The minimum absolute atomic E-state index is 0.173. The monoisotopic (exact) mass is 462 g/mol. The maximum atomic E-state index is 13.2. The first-order chi connectivity index (χ1) is 15.9. The van der Waals surface area contributed by atoms with Gasteiger partial charge in [0.15, 0.2) is 0 Å². The number of hydrogen-bond donors (Lipinski definition) is 2. The molecule has 2 N–H and O–H groups in total. The van der Waals surface area contributed by atoms with Crippen LogP contribution in [-0.4, -0.2) is 28.0 Å². The number of carbonyl (C=O) groups is 2. The van der Waals surface area contributed by atoms with Gasteiger partial charge in [0.25, 0.3) is 5.56 Å². The molecule has 2 amide bonds. The van der Waals surface area contributed by atoms with Crippen LogP contribution in [0.5, 0.6) is 5.75 Å². The van der Waals surface area contributed by atoms with Crippen LogP contribution in [0.4, 0.5) is 11.4 Å². The summed E-state index contributed by atoms with van der Waals surface area (Å²) in [5.74, 6) is 0.230. The number of anilines is 2. The zero-order valence-corrected chi connectivity index (χ0v) is 18.9. The molecule has 0 aliphatic heterocycles. The predicted octanol–water partition coefficient (Wildman–Crippen LogP) is 4.12. The van der Waals surface area contributed by atoms with Gasteiger partial charge in [-0.3, -0.25) is 19.0 Å². The van der Waals surface area contributed by atoms with Gasteiger partial charge >= 0.3 is 0 Å². The third-order valence-corrected chi connectivity index (χ3v) is 5.73. The summed E-state index contributed by atoms with van der Waals surface area (Å²) in [4.78, 5) is 41.8. The molecule has 33 heavy (non-hydrogen) atoms. The van der Waals surface area contributed by atoms with Gasteiger partial charge in [-0.05, 0) is 48.9 Å². The van der Waals surface area contributed by atoms with Crippen molar-refractivity contribution >= 4 is 44.7 Å². The van der Waals surface area contributed by atoms with Crippen molar-refractivity contribution in [2.45, 2.75) is 20.4 Å². The van der Waals surface area contributed by atoms with Crippen LogP contribution in [0.1, 0.15) is 13.8 Å². The normalized spacial score (nSPS) is 10.7. The van der Waals surface area contributed by atoms with Crippen LogP contribution < -0.4 is 20.9 Å². The summed E-state index contributed by atoms with van der Waals surface area (Å²) in [6, 6.07) is 14.3.